The predicted molar refractivity (Wildman–Crippen MR) is 78.2 cm³/mol. The second kappa shape index (κ2) is 6.54. The molecule has 1 aromatic rings. The van der Waals surface area contributed by atoms with E-state index < -0.39 is 11.4 Å². The van der Waals surface area contributed by atoms with Crippen LogP contribution in [0.25, 0.3) is 0 Å². The normalized spacial score (nSPS) is 17.2. The zero-order valence-corrected chi connectivity index (χ0v) is 12.6. The summed E-state index contributed by atoms with van der Waals surface area (Å²) in [6.45, 7) is 0.630. The van der Waals surface area contributed by atoms with Crippen molar-refractivity contribution in [2.75, 3.05) is 27.2 Å². The van der Waals surface area contributed by atoms with Crippen LogP contribution >= 0.6 is 0 Å². The molecular formula is C16H22FNO3. The van der Waals surface area contributed by atoms with Crippen LogP contribution in [0.15, 0.2) is 18.2 Å². The minimum absolute atomic E-state index is 0.125. The van der Waals surface area contributed by atoms with Gasteiger partial charge in [0.25, 0.3) is 0 Å². The molecule has 0 unspecified atom stereocenters. The van der Waals surface area contributed by atoms with Crippen LogP contribution < -0.4 is 4.74 Å². The molecule has 4 nitrogen and oxygen atoms in total. The molecule has 1 aliphatic carbocycles. The maximum absolute atomic E-state index is 13.6. The Morgan fingerprint density at radius 2 is 2.10 bits per heavy atom. The van der Waals surface area contributed by atoms with E-state index in [-0.39, 0.29) is 18.1 Å². The Balaban J connectivity index is 1.95. The monoisotopic (exact) mass is 295 g/mol. The van der Waals surface area contributed by atoms with Crippen molar-refractivity contribution in [3.8, 4) is 5.75 Å². The van der Waals surface area contributed by atoms with Crippen LogP contribution in [0.3, 0.4) is 0 Å². The first-order chi connectivity index (χ1) is 9.93. The summed E-state index contributed by atoms with van der Waals surface area (Å²) in [6.07, 6.45) is 3.62. The molecule has 1 N–H and O–H groups in total. The Bertz CT molecular complexity index is 512. The van der Waals surface area contributed by atoms with Crippen molar-refractivity contribution in [3.63, 3.8) is 0 Å². The van der Waals surface area contributed by atoms with E-state index in [9.17, 15) is 14.3 Å². The molecule has 0 heterocycles. The standard InChI is InChI=1S/C16H22FNO3/c1-18(11-16(20)7-3-4-8-16)10-14(19)12-5-6-15(21-2)13(17)9-12/h5-6,9,20H,3-4,7-8,10-11H2,1-2H3. The second-order valence-electron chi connectivity index (χ2n) is 5.88. The number of nitrogens with zero attached hydrogens (tertiary/aromatic N) is 1. The number of carbonyl (C=O) groups is 1. The quantitative estimate of drug-likeness (QED) is 0.818. The molecule has 1 fully saturated rings. The van der Waals surface area contributed by atoms with Gasteiger partial charge in [-0.1, -0.05) is 12.8 Å². The van der Waals surface area contributed by atoms with E-state index in [0.29, 0.717) is 12.1 Å². The predicted octanol–water partition coefficient (Wildman–Crippen LogP) is 2.25. The molecule has 5 heteroatoms. The van der Waals surface area contributed by atoms with E-state index in [1.54, 1.807) is 18.0 Å². The number of hydrogen-bond acceptors (Lipinski definition) is 4. The van der Waals surface area contributed by atoms with Crippen molar-refractivity contribution in [1.29, 1.82) is 0 Å². The van der Waals surface area contributed by atoms with Gasteiger partial charge < -0.3 is 9.84 Å². The lowest BCUT2D eigenvalue weighted by Gasteiger charge is -2.28. The van der Waals surface area contributed by atoms with Gasteiger partial charge in [0.2, 0.25) is 0 Å². The molecular weight excluding hydrogens is 273 g/mol. The van der Waals surface area contributed by atoms with Gasteiger partial charge in [0.15, 0.2) is 17.3 Å². The lowest BCUT2D eigenvalue weighted by Crippen LogP contribution is -2.41. The molecule has 0 bridgehead atoms. The summed E-state index contributed by atoms with van der Waals surface area (Å²) in [5.74, 6) is -0.582. The van der Waals surface area contributed by atoms with E-state index in [4.69, 9.17) is 4.74 Å². The highest BCUT2D eigenvalue weighted by Crippen LogP contribution is 2.30. The molecule has 0 saturated heterocycles. The first kappa shape index (κ1) is 15.9. The Morgan fingerprint density at radius 1 is 1.43 bits per heavy atom. The zero-order chi connectivity index (χ0) is 15.5. The summed E-state index contributed by atoms with van der Waals surface area (Å²) in [7, 11) is 3.18. The number of ketones is 1. The summed E-state index contributed by atoms with van der Waals surface area (Å²) in [5.41, 5.74) is -0.362. The molecule has 0 spiro atoms. The molecule has 0 aliphatic heterocycles. The van der Waals surface area contributed by atoms with Gasteiger partial charge in [-0.2, -0.15) is 0 Å². The third kappa shape index (κ3) is 4.02. The fraction of sp³-hybridized carbons (Fsp3) is 0.562. The topological polar surface area (TPSA) is 49.8 Å². The Hall–Kier alpha value is -1.46. The molecule has 0 atom stereocenters. The highest BCUT2D eigenvalue weighted by Gasteiger charge is 2.32. The van der Waals surface area contributed by atoms with Gasteiger partial charge >= 0.3 is 0 Å². The number of likely N-dealkylation sites (N-methyl/N-ethyl adjacent to an activating group) is 1. The van der Waals surface area contributed by atoms with Crippen LogP contribution in [0.4, 0.5) is 4.39 Å². The zero-order valence-electron chi connectivity index (χ0n) is 12.6. The van der Waals surface area contributed by atoms with Crippen molar-refractivity contribution >= 4 is 5.78 Å². The summed E-state index contributed by atoms with van der Waals surface area (Å²) < 4.78 is 18.4. The van der Waals surface area contributed by atoms with E-state index in [0.717, 1.165) is 25.7 Å². The fourth-order valence-corrected chi connectivity index (χ4v) is 2.93. The molecule has 1 saturated carbocycles. The molecule has 2 rings (SSSR count). The SMILES string of the molecule is COc1ccc(C(=O)CN(C)CC2(O)CCCC2)cc1F. The van der Waals surface area contributed by atoms with E-state index in [1.807, 2.05) is 0 Å². The minimum Gasteiger partial charge on any atom is -0.494 e. The average molecular weight is 295 g/mol. The van der Waals surface area contributed by atoms with Gasteiger partial charge in [0.1, 0.15) is 0 Å². The third-order valence-corrected chi connectivity index (χ3v) is 3.99. The number of benzene rings is 1. The number of carbonyl (C=O) groups excluding carboxylic acids is 1. The molecule has 0 amide bonds. The molecule has 1 aromatic carbocycles. The third-order valence-electron chi connectivity index (χ3n) is 3.99. The van der Waals surface area contributed by atoms with Crippen LogP contribution in [0.1, 0.15) is 36.0 Å². The first-order valence-electron chi connectivity index (χ1n) is 7.21. The maximum atomic E-state index is 13.6. The second-order valence-corrected chi connectivity index (χ2v) is 5.88. The Kier molecular flexibility index (Phi) is 4.96. The van der Waals surface area contributed by atoms with Crippen LogP contribution in [0.2, 0.25) is 0 Å². The summed E-state index contributed by atoms with van der Waals surface area (Å²) in [6, 6.07) is 4.20. The minimum atomic E-state index is -0.680. The summed E-state index contributed by atoms with van der Waals surface area (Å²) in [4.78, 5) is 14.0. The smallest absolute Gasteiger partial charge is 0.176 e. The lowest BCUT2D eigenvalue weighted by molar-refractivity contribution is 0.0172. The number of rotatable bonds is 6. The van der Waals surface area contributed by atoms with Crippen molar-refractivity contribution < 1.29 is 19.0 Å². The van der Waals surface area contributed by atoms with E-state index >= 15 is 0 Å². The number of halogens is 1. The summed E-state index contributed by atoms with van der Waals surface area (Å²) >= 11 is 0. The van der Waals surface area contributed by atoms with Gasteiger partial charge in [-0.15, -0.1) is 0 Å². The van der Waals surface area contributed by atoms with Crippen molar-refractivity contribution in [1.82, 2.24) is 4.90 Å². The molecule has 21 heavy (non-hydrogen) atoms. The highest BCUT2D eigenvalue weighted by molar-refractivity contribution is 5.97. The van der Waals surface area contributed by atoms with E-state index in [1.165, 1.54) is 19.2 Å². The first-order valence-corrected chi connectivity index (χ1v) is 7.21. The van der Waals surface area contributed by atoms with E-state index in [2.05, 4.69) is 0 Å². The van der Waals surface area contributed by atoms with Crippen LogP contribution in [-0.2, 0) is 0 Å². The fourth-order valence-electron chi connectivity index (χ4n) is 2.93. The van der Waals surface area contributed by atoms with Crippen LogP contribution in [0.5, 0.6) is 5.75 Å². The van der Waals surface area contributed by atoms with Crippen LogP contribution in [-0.4, -0.2) is 48.6 Å². The van der Waals surface area contributed by atoms with Gasteiger partial charge in [0.05, 0.1) is 19.3 Å². The highest BCUT2D eigenvalue weighted by atomic mass is 19.1. The van der Waals surface area contributed by atoms with Crippen molar-refractivity contribution in [2.24, 2.45) is 0 Å². The van der Waals surface area contributed by atoms with Gasteiger partial charge in [-0.25, -0.2) is 4.39 Å². The molecule has 0 aromatic heterocycles. The van der Waals surface area contributed by atoms with Gasteiger partial charge in [-0.05, 0) is 38.1 Å². The maximum Gasteiger partial charge on any atom is 0.176 e. The number of ether oxygens (including phenoxy) is 1. The average Bonchev–Trinajstić information content (AvgIpc) is 2.84. The van der Waals surface area contributed by atoms with Gasteiger partial charge in [0, 0.05) is 12.1 Å². The van der Waals surface area contributed by atoms with Crippen molar-refractivity contribution in [2.45, 2.75) is 31.3 Å². The van der Waals surface area contributed by atoms with Gasteiger partial charge in [-0.3, -0.25) is 9.69 Å². The Labute approximate surface area is 124 Å². The van der Waals surface area contributed by atoms with Crippen molar-refractivity contribution in [3.05, 3.63) is 29.6 Å². The lowest BCUT2D eigenvalue weighted by atomic mass is 10.0. The largest absolute Gasteiger partial charge is 0.494 e. The Morgan fingerprint density at radius 3 is 2.67 bits per heavy atom. The summed E-state index contributed by atoms with van der Waals surface area (Å²) in [5, 5.41) is 10.3. The number of aliphatic hydroxyl groups is 1. The molecule has 0 radical (unpaired) electrons. The number of methoxy groups -OCH3 is 1. The van der Waals surface area contributed by atoms with Crippen LogP contribution in [0, 0.1) is 5.82 Å². The number of hydrogen-bond donors (Lipinski definition) is 1. The molecule has 1 aliphatic rings. The molecule has 116 valence electrons. The number of Topliss-reactive ketones (excluding diaryl/α,β-unsaturated/α-hetero) is 1.